The molecule has 1 aromatic heterocycles. The predicted molar refractivity (Wildman–Crippen MR) is 85.2 cm³/mol. The van der Waals surface area contributed by atoms with E-state index in [4.69, 9.17) is 28.9 Å². The minimum atomic E-state index is 0.424. The molecule has 4 nitrogen and oxygen atoms in total. The molecular weight excluding hydrogens is 295 g/mol. The quantitative estimate of drug-likeness (QED) is 0.870. The van der Waals surface area contributed by atoms with Gasteiger partial charge in [0.2, 0.25) is 5.95 Å². The molecule has 6 heteroatoms. The van der Waals surface area contributed by atoms with Crippen molar-refractivity contribution in [2.75, 3.05) is 10.7 Å². The van der Waals surface area contributed by atoms with E-state index in [0.29, 0.717) is 28.1 Å². The van der Waals surface area contributed by atoms with Crippen molar-refractivity contribution in [2.45, 2.75) is 45.2 Å². The van der Waals surface area contributed by atoms with Crippen LogP contribution in [0.1, 0.15) is 33.1 Å². The van der Waals surface area contributed by atoms with Crippen LogP contribution in [0, 0.1) is 0 Å². The Morgan fingerprint density at radius 2 is 1.75 bits per heavy atom. The van der Waals surface area contributed by atoms with Crippen molar-refractivity contribution in [1.82, 2.24) is 9.66 Å². The maximum absolute atomic E-state index is 6.15. The van der Waals surface area contributed by atoms with Gasteiger partial charge in [0.1, 0.15) is 0 Å². The van der Waals surface area contributed by atoms with Gasteiger partial charge in [-0.15, -0.1) is 0 Å². The molecule has 2 aromatic rings. The normalized spacial score (nSPS) is 23.5. The van der Waals surface area contributed by atoms with Crippen LogP contribution in [0.15, 0.2) is 12.1 Å². The SMILES string of the molecule is CC1CCCC(C)N1n1c(N)nc2cc(Cl)c(Cl)cc21. The molecule has 0 radical (unpaired) electrons. The molecule has 2 heterocycles. The number of hydrogen-bond acceptors (Lipinski definition) is 3. The van der Waals surface area contributed by atoms with Crippen LogP contribution < -0.4 is 10.7 Å². The van der Waals surface area contributed by atoms with Crippen molar-refractivity contribution in [2.24, 2.45) is 0 Å². The highest BCUT2D eigenvalue weighted by Gasteiger charge is 2.28. The molecule has 0 bridgehead atoms. The number of rotatable bonds is 1. The summed E-state index contributed by atoms with van der Waals surface area (Å²) in [5.74, 6) is 0.485. The molecule has 1 fully saturated rings. The Morgan fingerprint density at radius 3 is 2.40 bits per heavy atom. The summed E-state index contributed by atoms with van der Waals surface area (Å²) in [5.41, 5.74) is 7.83. The zero-order valence-corrected chi connectivity index (χ0v) is 13.1. The van der Waals surface area contributed by atoms with E-state index in [2.05, 4.69) is 23.8 Å². The molecule has 20 heavy (non-hydrogen) atoms. The summed E-state index contributed by atoms with van der Waals surface area (Å²) >= 11 is 12.2. The third-order valence-corrected chi connectivity index (χ3v) is 4.80. The molecule has 108 valence electrons. The van der Waals surface area contributed by atoms with Crippen LogP contribution in [0.5, 0.6) is 0 Å². The lowest BCUT2D eigenvalue weighted by molar-refractivity contribution is 0.343. The second-order valence-electron chi connectivity index (χ2n) is 5.55. The maximum atomic E-state index is 6.15. The number of aromatic nitrogens is 2. The number of fused-ring (bicyclic) bond motifs is 1. The van der Waals surface area contributed by atoms with Crippen LogP contribution in [0.2, 0.25) is 10.0 Å². The number of halogens is 2. The first-order valence-corrected chi connectivity index (χ1v) is 7.66. The fraction of sp³-hybridized carbons (Fsp3) is 0.500. The minimum Gasteiger partial charge on any atom is -0.368 e. The number of nitrogens with two attached hydrogens (primary N) is 1. The Labute approximate surface area is 128 Å². The first-order chi connectivity index (χ1) is 9.49. The lowest BCUT2D eigenvalue weighted by Crippen LogP contribution is -2.51. The molecule has 0 aliphatic carbocycles. The first kappa shape index (κ1) is 13.8. The Hall–Kier alpha value is -1.13. The molecule has 2 atom stereocenters. The van der Waals surface area contributed by atoms with Crippen molar-refractivity contribution >= 4 is 40.2 Å². The van der Waals surface area contributed by atoms with Crippen LogP contribution in [0.25, 0.3) is 11.0 Å². The average Bonchev–Trinajstić information content (AvgIpc) is 2.67. The van der Waals surface area contributed by atoms with Gasteiger partial charge in [0.15, 0.2) is 0 Å². The van der Waals surface area contributed by atoms with E-state index < -0.39 is 0 Å². The Balaban J connectivity index is 2.19. The number of benzene rings is 1. The smallest absolute Gasteiger partial charge is 0.220 e. The summed E-state index contributed by atoms with van der Waals surface area (Å²) in [6.45, 7) is 4.44. The monoisotopic (exact) mass is 312 g/mol. The zero-order chi connectivity index (χ0) is 14.4. The van der Waals surface area contributed by atoms with E-state index in [-0.39, 0.29) is 0 Å². The number of hydrogen-bond donors (Lipinski definition) is 1. The summed E-state index contributed by atoms with van der Waals surface area (Å²) in [7, 11) is 0. The lowest BCUT2D eigenvalue weighted by Gasteiger charge is -2.41. The average molecular weight is 313 g/mol. The first-order valence-electron chi connectivity index (χ1n) is 6.90. The van der Waals surface area contributed by atoms with Gasteiger partial charge in [-0.05, 0) is 45.2 Å². The third kappa shape index (κ3) is 2.11. The van der Waals surface area contributed by atoms with E-state index in [9.17, 15) is 0 Å². The molecule has 1 aliphatic heterocycles. The van der Waals surface area contributed by atoms with E-state index in [1.165, 1.54) is 6.42 Å². The van der Waals surface area contributed by atoms with E-state index in [0.717, 1.165) is 23.9 Å². The van der Waals surface area contributed by atoms with Crippen LogP contribution in [-0.4, -0.2) is 21.7 Å². The highest BCUT2D eigenvalue weighted by Crippen LogP contribution is 2.31. The van der Waals surface area contributed by atoms with Crippen molar-refractivity contribution in [3.63, 3.8) is 0 Å². The molecule has 0 spiro atoms. The number of imidazole rings is 1. The Kier molecular flexibility index (Phi) is 3.46. The van der Waals surface area contributed by atoms with Crippen LogP contribution >= 0.6 is 23.2 Å². The molecule has 0 saturated carbocycles. The molecule has 1 aromatic carbocycles. The van der Waals surface area contributed by atoms with Crippen molar-refractivity contribution in [3.05, 3.63) is 22.2 Å². The molecule has 3 rings (SSSR count). The van der Waals surface area contributed by atoms with E-state index in [1.54, 1.807) is 6.07 Å². The van der Waals surface area contributed by atoms with Gasteiger partial charge >= 0.3 is 0 Å². The third-order valence-electron chi connectivity index (χ3n) is 4.08. The predicted octanol–water partition coefficient (Wildman–Crippen LogP) is 3.82. The highest BCUT2D eigenvalue weighted by atomic mass is 35.5. The summed E-state index contributed by atoms with van der Waals surface area (Å²) in [6.07, 6.45) is 3.56. The molecule has 1 aliphatic rings. The van der Waals surface area contributed by atoms with Gasteiger partial charge in [-0.1, -0.05) is 23.2 Å². The van der Waals surface area contributed by atoms with Gasteiger partial charge in [-0.25, -0.2) is 9.66 Å². The Morgan fingerprint density at radius 1 is 1.15 bits per heavy atom. The molecule has 1 saturated heterocycles. The van der Waals surface area contributed by atoms with Crippen LogP contribution in [0.4, 0.5) is 5.95 Å². The van der Waals surface area contributed by atoms with E-state index in [1.807, 2.05) is 10.7 Å². The molecule has 2 unspecified atom stereocenters. The van der Waals surface area contributed by atoms with Gasteiger partial charge in [-0.3, -0.25) is 0 Å². The van der Waals surface area contributed by atoms with Crippen LogP contribution in [-0.2, 0) is 0 Å². The van der Waals surface area contributed by atoms with Gasteiger partial charge in [0.05, 0.1) is 21.1 Å². The van der Waals surface area contributed by atoms with E-state index >= 15 is 0 Å². The maximum Gasteiger partial charge on any atom is 0.220 e. The standard InChI is InChI=1S/C14H18Cl2N4/c1-8-4-3-5-9(2)19(8)20-13-7-11(16)10(15)6-12(13)18-14(20)17/h6-9H,3-5H2,1-2H3,(H2,17,18). The van der Waals surface area contributed by atoms with Crippen LogP contribution in [0.3, 0.4) is 0 Å². The molecule has 0 amide bonds. The number of anilines is 1. The fourth-order valence-corrected chi connectivity index (χ4v) is 3.44. The molecule has 2 N–H and O–H groups in total. The summed E-state index contributed by atoms with van der Waals surface area (Å²) in [5, 5.41) is 3.33. The van der Waals surface area contributed by atoms with Gasteiger partial charge in [0.25, 0.3) is 0 Å². The van der Waals surface area contributed by atoms with Crippen molar-refractivity contribution < 1.29 is 0 Å². The Bertz CT molecular complexity index is 642. The largest absolute Gasteiger partial charge is 0.368 e. The number of nitrogen functional groups attached to an aromatic ring is 1. The highest BCUT2D eigenvalue weighted by molar-refractivity contribution is 6.42. The second kappa shape index (κ2) is 5.01. The summed E-state index contributed by atoms with van der Waals surface area (Å²) in [6, 6.07) is 4.46. The zero-order valence-electron chi connectivity index (χ0n) is 11.6. The van der Waals surface area contributed by atoms with Gasteiger partial charge in [0, 0.05) is 12.1 Å². The van der Waals surface area contributed by atoms with Crippen molar-refractivity contribution in [3.8, 4) is 0 Å². The number of nitrogens with zero attached hydrogens (tertiary/aromatic N) is 3. The summed E-state index contributed by atoms with van der Waals surface area (Å²) in [4.78, 5) is 4.42. The lowest BCUT2D eigenvalue weighted by atomic mass is 10.00. The number of piperidine rings is 1. The summed E-state index contributed by atoms with van der Waals surface area (Å²) < 4.78 is 1.99. The van der Waals surface area contributed by atoms with Gasteiger partial charge < -0.3 is 10.7 Å². The second-order valence-corrected chi connectivity index (χ2v) is 6.36. The molecular formula is C14H18Cl2N4. The topological polar surface area (TPSA) is 47.1 Å². The fourth-order valence-electron chi connectivity index (χ4n) is 3.12. The minimum absolute atomic E-state index is 0.424. The van der Waals surface area contributed by atoms with Crippen molar-refractivity contribution in [1.29, 1.82) is 0 Å². The van der Waals surface area contributed by atoms with Gasteiger partial charge in [-0.2, -0.15) is 0 Å².